The summed E-state index contributed by atoms with van der Waals surface area (Å²) < 4.78 is 39.7. The molecule has 0 radical (unpaired) electrons. The van der Waals surface area contributed by atoms with Crippen LogP contribution >= 0.6 is 0 Å². The minimum absolute atomic E-state index is 0.149. The molecule has 182 valence electrons. The molecular formula is C28H27F3N2O2. The fourth-order valence-corrected chi connectivity index (χ4v) is 4.35. The monoisotopic (exact) mass is 480 g/mol. The van der Waals surface area contributed by atoms with E-state index in [2.05, 4.69) is 0 Å². The quantitative estimate of drug-likeness (QED) is 0.436. The smallest absolute Gasteiger partial charge is 0.340 e. The Hall–Kier alpha value is -3.45. The van der Waals surface area contributed by atoms with Gasteiger partial charge in [0.2, 0.25) is 5.91 Å². The molecule has 0 saturated carbocycles. The lowest BCUT2D eigenvalue weighted by Crippen LogP contribution is -2.48. The highest BCUT2D eigenvalue weighted by Crippen LogP contribution is 2.32. The van der Waals surface area contributed by atoms with Crippen LogP contribution < -0.4 is 0 Å². The number of piperazine rings is 1. The second kappa shape index (κ2) is 10.9. The first-order valence-corrected chi connectivity index (χ1v) is 11.6. The van der Waals surface area contributed by atoms with Crippen LogP contribution in [0.1, 0.15) is 23.1 Å². The van der Waals surface area contributed by atoms with Gasteiger partial charge in [0.15, 0.2) is 0 Å². The van der Waals surface area contributed by atoms with Crippen molar-refractivity contribution in [2.75, 3.05) is 26.2 Å². The number of carbonyl (C=O) groups is 2. The van der Waals surface area contributed by atoms with Crippen LogP contribution in [0.4, 0.5) is 13.2 Å². The lowest BCUT2D eigenvalue weighted by Gasteiger charge is -2.35. The van der Waals surface area contributed by atoms with E-state index < -0.39 is 11.7 Å². The number of alkyl halides is 3. The minimum atomic E-state index is -4.39. The SMILES string of the molecule is O=C(CC(=O)N1CCN(Cc2ccccc2C(F)(F)F)CC1)Cc1ccc(-c2ccccc2)cc1. The Kier molecular flexibility index (Phi) is 7.66. The number of nitrogens with zero attached hydrogens (tertiary/aromatic N) is 2. The summed E-state index contributed by atoms with van der Waals surface area (Å²) in [6.07, 6.45) is -4.37. The first kappa shape index (κ1) is 24.7. The Labute approximate surface area is 203 Å². The number of hydrogen-bond donors (Lipinski definition) is 0. The average molecular weight is 481 g/mol. The molecule has 0 aliphatic carbocycles. The molecule has 3 aromatic rings. The number of ketones is 1. The van der Waals surface area contributed by atoms with Crippen LogP contribution in [-0.4, -0.2) is 47.7 Å². The fourth-order valence-electron chi connectivity index (χ4n) is 4.35. The zero-order valence-corrected chi connectivity index (χ0v) is 19.3. The Balaban J connectivity index is 1.25. The van der Waals surface area contributed by atoms with Gasteiger partial charge in [-0.2, -0.15) is 13.2 Å². The van der Waals surface area contributed by atoms with Gasteiger partial charge in [-0.3, -0.25) is 14.5 Å². The molecule has 1 amide bonds. The van der Waals surface area contributed by atoms with Crippen molar-refractivity contribution in [2.24, 2.45) is 0 Å². The largest absolute Gasteiger partial charge is 0.416 e. The summed E-state index contributed by atoms with van der Waals surface area (Å²) in [7, 11) is 0. The molecule has 1 saturated heterocycles. The zero-order valence-electron chi connectivity index (χ0n) is 19.3. The van der Waals surface area contributed by atoms with Crippen LogP contribution in [0.2, 0.25) is 0 Å². The van der Waals surface area contributed by atoms with E-state index in [9.17, 15) is 22.8 Å². The van der Waals surface area contributed by atoms with Gasteiger partial charge in [-0.1, -0.05) is 72.8 Å². The van der Waals surface area contributed by atoms with E-state index in [0.29, 0.717) is 26.2 Å². The van der Waals surface area contributed by atoms with E-state index in [4.69, 9.17) is 0 Å². The molecule has 0 spiro atoms. The van der Waals surface area contributed by atoms with E-state index >= 15 is 0 Å². The number of amides is 1. The van der Waals surface area contributed by atoms with Crippen LogP contribution in [0.25, 0.3) is 11.1 Å². The van der Waals surface area contributed by atoms with Crippen molar-refractivity contribution >= 4 is 11.7 Å². The van der Waals surface area contributed by atoms with E-state index in [1.807, 2.05) is 59.5 Å². The van der Waals surface area contributed by atoms with Crippen molar-refractivity contribution in [3.8, 4) is 11.1 Å². The number of carbonyl (C=O) groups excluding carboxylic acids is 2. The second-order valence-corrected chi connectivity index (χ2v) is 8.77. The molecule has 0 atom stereocenters. The maximum Gasteiger partial charge on any atom is 0.416 e. The normalized spacial score (nSPS) is 14.7. The van der Waals surface area contributed by atoms with Crippen molar-refractivity contribution in [3.63, 3.8) is 0 Å². The predicted octanol–water partition coefficient (Wildman–Crippen LogP) is 5.22. The zero-order chi connectivity index (χ0) is 24.8. The van der Waals surface area contributed by atoms with Crippen LogP contribution in [0.5, 0.6) is 0 Å². The third-order valence-corrected chi connectivity index (χ3v) is 6.25. The van der Waals surface area contributed by atoms with E-state index in [-0.39, 0.29) is 36.6 Å². The lowest BCUT2D eigenvalue weighted by atomic mass is 10.0. The van der Waals surface area contributed by atoms with Gasteiger partial charge in [0.1, 0.15) is 5.78 Å². The summed E-state index contributed by atoms with van der Waals surface area (Å²) in [5.74, 6) is -0.379. The van der Waals surface area contributed by atoms with Crippen molar-refractivity contribution < 1.29 is 22.8 Å². The predicted molar refractivity (Wildman–Crippen MR) is 129 cm³/mol. The molecule has 0 unspecified atom stereocenters. The standard InChI is InChI=1S/C28H27F3N2O2/c29-28(30,31)26-9-5-4-8-24(26)20-32-14-16-33(17-15-32)27(35)19-25(34)18-21-10-12-23(13-11-21)22-6-2-1-3-7-22/h1-13H,14-20H2. The number of Topliss-reactive ketones (excluding diaryl/α,β-unsaturated/α-hetero) is 1. The number of halogens is 3. The molecule has 0 N–H and O–H groups in total. The molecule has 0 aromatic heterocycles. The summed E-state index contributed by atoms with van der Waals surface area (Å²) in [5.41, 5.74) is 2.62. The van der Waals surface area contributed by atoms with E-state index in [1.54, 1.807) is 11.0 Å². The van der Waals surface area contributed by atoms with Crippen molar-refractivity contribution in [3.05, 3.63) is 95.6 Å². The van der Waals surface area contributed by atoms with Crippen molar-refractivity contribution in [1.29, 1.82) is 0 Å². The third-order valence-electron chi connectivity index (χ3n) is 6.25. The van der Waals surface area contributed by atoms with Gasteiger partial charge in [-0.15, -0.1) is 0 Å². The van der Waals surface area contributed by atoms with Gasteiger partial charge < -0.3 is 4.90 Å². The summed E-state index contributed by atoms with van der Waals surface area (Å²) >= 11 is 0. The van der Waals surface area contributed by atoms with Gasteiger partial charge in [0.05, 0.1) is 12.0 Å². The fraction of sp³-hybridized carbons (Fsp3) is 0.286. The van der Waals surface area contributed by atoms with Crippen LogP contribution in [-0.2, 0) is 28.7 Å². The Morgan fingerprint density at radius 1 is 0.743 bits per heavy atom. The summed E-state index contributed by atoms with van der Waals surface area (Å²) in [6.45, 7) is 1.90. The highest BCUT2D eigenvalue weighted by atomic mass is 19.4. The van der Waals surface area contributed by atoms with Gasteiger partial charge in [-0.05, 0) is 28.3 Å². The van der Waals surface area contributed by atoms with Gasteiger partial charge in [-0.25, -0.2) is 0 Å². The third kappa shape index (κ3) is 6.57. The Morgan fingerprint density at radius 3 is 2.00 bits per heavy atom. The van der Waals surface area contributed by atoms with Gasteiger partial charge >= 0.3 is 6.18 Å². The molecule has 35 heavy (non-hydrogen) atoms. The van der Waals surface area contributed by atoms with Crippen molar-refractivity contribution in [1.82, 2.24) is 9.80 Å². The number of benzene rings is 3. The molecule has 3 aromatic carbocycles. The molecule has 4 rings (SSSR count). The molecule has 4 nitrogen and oxygen atoms in total. The van der Waals surface area contributed by atoms with E-state index in [1.165, 1.54) is 12.1 Å². The highest BCUT2D eigenvalue weighted by Gasteiger charge is 2.33. The summed E-state index contributed by atoms with van der Waals surface area (Å²) in [4.78, 5) is 28.7. The maximum absolute atomic E-state index is 13.2. The van der Waals surface area contributed by atoms with Crippen LogP contribution in [0.3, 0.4) is 0 Å². The number of rotatable bonds is 7. The highest BCUT2D eigenvalue weighted by molar-refractivity contribution is 5.99. The summed E-state index contributed by atoms with van der Waals surface area (Å²) in [6, 6.07) is 23.3. The number of hydrogen-bond acceptors (Lipinski definition) is 3. The maximum atomic E-state index is 13.2. The molecule has 1 heterocycles. The second-order valence-electron chi connectivity index (χ2n) is 8.77. The average Bonchev–Trinajstić information content (AvgIpc) is 2.85. The summed E-state index contributed by atoms with van der Waals surface area (Å²) in [5, 5.41) is 0. The minimum Gasteiger partial charge on any atom is -0.340 e. The molecular weight excluding hydrogens is 453 g/mol. The topological polar surface area (TPSA) is 40.6 Å². The van der Waals surface area contributed by atoms with Gasteiger partial charge in [0, 0.05) is 39.1 Å². The lowest BCUT2D eigenvalue weighted by molar-refractivity contribution is -0.138. The molecule has 1 aliphatic heterocycles. The molecule has 0 bridgehead atoms. The Morgan fingerprint density at radius 2 is 1.34 bits per heavy atom. The van der Waals surface area contributed by atoms with Crippen molar-refractivity contribution in [2.45, 2.75) is 25.6 Å². The van der Waals surface area contributed by atoms with E-state index in [0.717, 1.165) is 22.8 Å². The van der Waals surface area contributed by atoms with Crippen LogP contribution in [0, 0.1) is 0 Å². The molecule has 1 fully saturated rings. The first-order valence-electron chi connectivity index (χ1n) is 11.6. The first-order chi connectivity index (χ1) is 16.8. The van der Waals surface area contributed by atoms with Gasteiger partial charge in [0.25, 0.3) is 0 Å². The molecule has 1 aliphatic rings. The molecule has 7 heteroatoms. The van der Waals surface area contributed by atoms with Crippen LogP contribution in [0.15, 0.2) is 78.9 Å². The Bertz CT molecular complexity index is 1150.